The maximum Gasteiger partial charge on any atom is 0.255 e. The van der Waals surface area contributed by atoms with Crippen molar-refractivity contribution in [3.63, 3.8) is 0 Å². The SMILES string of the molecule is O=C(NCC(O)c1cccc(Cl)c1)c1cn[nH]c1-c1ccc(Cl)cc1. The highest BCUT2D eigenvalue weighted by Crippen LogP contribution is 2.23. The fourth-order valence-corrected chi connectivity index (χ4v) is 2.74. The smallest absolute Gasteiger partial charge is 0.255 e. The number of nitrogens with one attached hydrogen (secondary N) is 2. The lowest BCUT2D eigenvalue weighted by molar-refractivity contribution is 0.0917. The van der Waals surface area contributed by atoms with E-state index in [0.717, 1.165) is 5.56 Å². The van der Waals surface area contributed by atoms with Crippen molar-refractivity contribution in [2.45, 2.75) is 6.10 Å². The van der Waals surface area contributed by atoms with Crippen LogP contribution in [0.3, 0.4) is 0 Å². The number of H-pyrrole nitrogens is 1. The van der Waals surface area contributed by atoms with Gasteiger partial charge in [0.2, 0.25) is 0 Å². The molecule has 3 aromatic rings. The molecule has 25 heavy (non-hydrogen) atoms. The first-order valence-electron chi connectivity index (χ1n) is 7.55. The van der Waals surface area contributed by atoms with Crippen molar-refractivity contribution in [1.29, 1.82) is 0 Å². The van der Waals surface area contributed by atoms with E-state index in [0.29, 0.717) is 26.9 Å². The van der Waals surface area contributed by atoms with Gasteiger partial charge in [0.25, 0.3) is 5.91 Å². The summed E-state index contributed by atoms with van der Waals surface area (Å²) in [6.45, 7) is 0.0599. The van der Waals surface area contributed by atoms with E-state index in [1.165, 1.54) is 6.20 Å². The van der Waals surface area contributed by atoms with Gasteiger partial charge in [0.15, 0.2) is 0 Å². The number of hydrogen-bond acceptors (Lipinski definition) is 3. The fourth-order valence-electron chi connectivity index (χ4n) is 2.41. The van der Waals surface area contributed by atoms with Gasteiger partial charge in [-0.15, -0.1) is 0 Å². The topological polar surface area (TPSA) is 78.0 Å². The number of halogens is 2. The average Bonchev–Trinajstić information content (AvgIpc) is 3.10. The monoisotopic (exact) mass is 375 g/mol. The van der Waals surface area contributed by atoms with Crippen LogP contribution in [0, 0.1) is 0 Å². The van der Waals surface area contributed by atoms with E-state index in [4.69, 9.17) is 23.2 Å². The molecule has 0 spiro atoms. The van der Waals surface area contributed by atoms with Crippen LogP contribution in [-0.2, 0) is 0 Å². The van der Waals surface area contributed by atoms with E-state index in [1.807, 2.05) is 0 Å². The molecule has 0 radical (unpaired) electrons. The second kappa shape index (κ2) is 7.70. The number of nitrogens with zero attached hydrogens (tertiary/aromatic N) is 1. The van der Waals surface area contributed by atoms with Crippen LogP contribution in [0.2, 0.25) is 10.0 Å². The van der Waals surface area contributed by atoms with Crippen LogP contribution in [0.15, 0.2) is 54.7 Å². The molecule has 0 saturated heterocycles. The van der Waals surface area contributed by atoms with Gasteiger partial charge in [-0.05, 0) is 29.8 Å². The van der Waals surface area contributed by atoms with Gasteiger partial charge in [-0.25, -0.2) is 0 Å². The Morgan fingerprint density at radius 3 is 2.64 bits per heavy atom. The summed E-state index contributed by atoms with van der Waals surface area (Å²) in [7, 11) is 0. The van der Waals surface area contributed by atoms with Gasteiger partial charge in [0.1, 0.15) is 0 Å². The quantitative estimate of drug-likeness (QED) is 0.633. The van der Waals surface area contributed by atoms with Gasteiger partial charge < -0.3 is 10.4 Å². The summed E-state index contributed by atoms with van der Waals surface area (Å²) in [4.78, 5) is 12.4. The normalized spacial score (nSPS) is 12.0. The van der Waals surface area contributed by atoms with Crippen molar-refractivity contribution in [3.05, 3.63) is 75.9 Å². The molecule has 1 aromatic heterocycles. The van der Waals surface area contributed by atoms with Crippen LogP contribution in [0.5, 0.6) is 0 Å². The lowest BCUT2D eigenvalue weighted by Gasteiger charge is -2.12. The van der Waals surface area contributed by atoms with Crippen LogP contribution < -0.4 is 5.32 Å². The summed E-state index contributed by atoms with van der Waals surface area (Å²) in [5.41, 5.74) is 2.41. The highest BCUT2D eigenvalue weighted by atomic mass is 35.5. The molecule has 0 fully saturated rings. The number of hydrogen-bond donors (Lipinski definition) is 3. The van der Waals surface area contributed by atoms with Crippen LogP contribution >= 0.6 is 23.2 Å². The van der Waals surface area contributed by atoms with Gasteiger partial charge in [0.05, 0.1) is 23.6 Å². The molecule has 0 aliphatic rings. The molecule has 5 nitrogen and oxygen atoms in total. The van der Waals surface area contributed by atoms with Crippen LogP contribution in [0.25, 0.3) is 11.3 Å². The number of aliphatic hydroxyl groups is 1. The molecule has 3 rings (SSSR count). The lowest BCUT2D eigenvalue weighted by atomic mass is 10.1. The Labute approximate surface area is 154 Å². The Kier molecular flexibility index (Phi) is 5.38. The molecule has 1 amide bonds. The van der Waals surface area contributed by atoms with Crippen molar-refractivity contribution < 1.29 is 9.90 Å². The number of aromatic nitrogens is 2. The van der Waals surface area contributed by atoms with Crippen LogP contribution in [0.1, 0.15) is 22.0 Å². The van der Waals surface area contributed by atoms with Crippen molar-refractivity contribution in [3.8, 4) is 11.3 Å². The minimum atomic E-state index is -0.853. The third kappa shape index (κ3) is 4.20. The number of aliphatic hydroxyl groups excluding tert-OH is 1. The Balaban J connectivity index is 1.70. The Bertz CT molecular complexity index is 878. The summed E-state index contributed by atoms with van der Waals surface area (Å²) in [6.07, 6.45) is 0.596. The van der Waals surface area contributed by atoms with Crippen molar-refractivity contribution in [2.24, 2.45) is 0 Å². The van der Waals surface area contributed by atoms with E-state index in [9.17, 15) is 9.90 Å². The maximum absolute atomic E-state index is 12.4. The third-order valence-electron chi connectivity index (χ3n) is 3.71. The van der Waals surface area contributed by atoms with Crippen LogP contribution in [0.4, 0.5) is 0 Å². The minimum absolute atomic E-state index is 0.0599. The average molecular weight is 376 g/mol. The van der Waals surface area contributed by atoms with E-state index < -0.39 is 6.10 Å². The molecule has 2 aromatic carbocycles. The Hall–Kier alpha value is -2.34. The first-order valence-corrected chi connectivity index (χ1v) is 8.31. The van der Waals surface area contributed by atoms with Gasteiger partial charge in [-0.1, -0.05) is 47.5 Å². The molecular weight excluding hydrogens is 361 g/mol. The predicted molar refractivity (Wildman–Crippen MR) is 97.8 cm³/mol. The number of aromatic amines is 1. The number of rotatable bonds is 5. The van der Waals surface area contributed by atoms with Crippen LogP contribution in [-0.4, -0.2) is 27.8 Å². The summed E-state index contributed by atoms with van der Waals surface area (Å²) >= 11 is 11.8. The van der Waals surface area contributed by atoms with Gasteiger partial charge in [-0.3, -0.25) is 9.89 Å². The molecule has 128 valence electrons. The molecule has 0 aliphatic heterocycles. The first-order chi connectivity index (χ1) is 12.0. The molecule has 0 aliphatic carbocycles. The lowest BCUT2D eigenvalue weighted by Crippen LogP contribution is -2.28. The molecule has 0 bridgehead atoms. The van der Waals surface area contributed by atoms with Gasteiger partial charge in [0, 0.05) is 22.2 Å². The molecule has 0 saturated carbocycles. The number of amides is 1. The van der Waals surface area contributed by atoms with Gasteiger partial charge >= 0.3 is 0 Å². The molecule has 1 unspecified atom stereocenters. The maximum atomic E-state index is 12.4. The Morgan fingerprint density at radius 1 is 1.16 bits per heavy atom. The van der Waals surface area contributed by atoms with Gasteiger partial charge in [-0.2, -0.15) is 5.10 Å². The summed E-state index contributed by atoms with van der Waals surface area (Å²) < 4.78 is 0. The third-order valence-corrected chi connectivity index (χ3v) is 4.19. The number of carbonyl (C=O) groups is 1. The number of carbonyl (C=O) groups excluding carboxylic acids is 1. The highest BCUT2D eigenvalue weighted by molar-refractivity contribution is 6.30. The molecule has 1 heterocycles. The summed E-state index contributed by atoms with van der Waals surface area (Å²) in [6, 6.07) is 14.0. The zero-order valence-electron chi connectivity index (χ0n) is 13.0. The Morgan fingerprint density at radius 2 is 1.92 bits per heavy atom. The van der Waals surface area contributed by atoms with Crippen molar-refractivity contribution in [2.75, 3.05) is 6.54 Å². The summed E-state index contributed by atoms with van der Waals surface area (Å²) in [5, 5.41) is 20.8. The molecular formula is C18H15Cl2N3O2. The largest absolute Gasteiger partial charge is 0.387 e. The highest BCUT2D eigenvalue weighted by Gasteiger charge is 2.17. The van der Waals surface area contributed by atoms with E-state index in [2.05, 4.69) is 15.5 Å². The molecule has 3 N–H and O–H groups in total. The van der Waals surface area contributed by atoms with E-state index in [-0.39, 0.29) is 12.5 Å². The minimum Gasteiger partial charge on any atom is -0.387 e. The molecule has 7 heteroatoms. The number of benzene rings is 2. The molecule has 1 atom stereocenters. The first kappa shape index (κ1) is 17.5. The van der Waals surface area contributed by atoms with Crippen molar-refractivity contribution in [1.82, 2.24) is 15.5 Å². The van der Waals surface area contributed by atoms with E-state index >= 15 is 0 Å². The second-order valence-corrected chi connectivity index (χ2v) is 6.32. The standard InChI is InChI=1S/C18H15Cl2N3O2/c19-13-6-4-11(5-7-13)17-15(9-22-23-17)18(25)21-10-16(24)12-2-1-3-14(20)8-12/h1-9,16,24H,10H2,(H,21,25)(H,22,23). The van der Waals surface area contributed by atoms with Crippen molar-refractivity contribution >= 4 is 29.1 Å². The zero-order valence-corrected chi connectivity index (χ0v) is 14.6. The van der Waals surface area contributed by atoms with E-state index in [1.54, 1.807) is 48.5 Å². The summed E-state index contributed by atoms with van der Waals surface area (Å²) in [5.74, 6) is -0.334. The fraction of sp³-hybridized carbons (Fsp3) is 0.111. The second-order valence-electron chi connectivity index (χ2n) is 5.45. The predicted octanol–water partition coefficient (Wildman–Crippen LogP) is 3.85. The zero-order chi connectivity index (χ0) is 17.8.